The van der Waals surface area contributed by atoms with Crippen molar-refractivity contribution in [2.75, 3.05) is 18.1 Å². The van der Waals surface area contributed by atoms with Gasteiger partial charge in [0.25, 0.3) is 0 Å². The first kappa shape index (κ1) is 20.5. The summed E-state index contributed by atoms with van der Waals surface area (Å²) in [6.45, 7) is 4.04. The van der Waals surface area contributed by atoms with Crippen molar-refractivity contribution >= 4 is 35.2 Å². The second kappa shape index (κ2) is 10.4. The first-order valence-electron chi connectivity index (χ1n) is 8.29. The SMILES string of the molecule is CC(=O)c1ccc(SCC(=O)NCCSCc2ccc(C)cc2)c(F)c1. The minimum absolute atomic E-state index is 0.124. The zero-order valence-corrected chi connectivity index (χ0v) is 16.5. The Kier molecular flexibility index (Phi) is 8.19. The molecule has 3 nitrogen and oxygen atoms in total. The van der Waals surface area contributed by atoms with Gasteiger partial charge in [-0.2, -0.15) is 11.8 Å². The Hall–Kier alpha value is -1.79. The molecule has 1 N–H and O–H groups in total. The lowest BCUT2D eigenvalue weighted by atomic mass is 10.1. The van der Waals surface area contributed by atoms with Crippen LogP contribution in [0.2, 0.25) is 0 Å². The van der Waals surface area contributed by atoms with Crippen molar-refractivity contribution in [1.82, 2.24) is 5.32 Å². The van der Waals surface area contributed by atoms with Crippen LogP contribution in [-0.2, 0) is 10.5 Å². The maximum atomic E-state index is 13.9. The highest BCUT2D eigenvalue weighted by molar-refractivity contribution is 8.00. The molecule has 0 aromatic heterocycles. The zero-order chi connectivity index (χ0) is 18.9. The van der Waals surface area contributed by atoms with E-state index in [2.05, 4.69) is 36.5 Å². The van der Waals surface area contributed by atoms with E-state index in [1.807, 2.05) is 0 Å². The average Bonchev–Trinajstić information content (AvgIpc) is 2.61. The molecule has 1 amide bonds. The number of Topliss-reactive ketones (excluding diaryl/α,β-unsaturated/α-hetero) is 1. The summed E-state index contributed by atoms with van der Waals surface area (Å²) in [6.07, 6.45) is 0. The molecule has 0 aliphatic heterocycles. The third-order valence-electron chi connectivity index (χ3n) is 3.66. The molecule has 0 heterocycles. The number of carbonyl (C=O) groups is 2. The number of hydrogen-bond acceptors (Lipinski definition) is 4. The van der Waals surface area contributed by atoms with Crippen molar-refractivity contribution in [3.63, 3.8) is 0 Å². The first-order valence-corrected chi connectivity index (χ1v) is 10.4. The van der Waals surface area contributed by atoms with Gasteiger partial charge in [0.05, 0.1) is 5.75 Å². The quantitative estimate of drug-likeness (QED) is 0.389. The van der Waals surface area contributed by atoms with E-state index >= 15 is 0 Å². The predicted octanol–water partition coefficient (Wildman–Crippen LogP) is 4.48. The van der Waals surface area contributed by atoms with Crippen LogP contribution in [0.25, 0.3) is 0 Å². The van der Waals surface area contributed by atoms with Gasteiger partial charge >= 0.3 is 0 Å². The Labute approximate surface area is 162 Å². The van der Waals surface area contributed by atoms with E-state index in [0.29, 0.717) is 17.0 Å². The molecule has 0 unspecified atom stereocenters. The summed E-state index contributed by atoms with van der Waals surface area (Å²) >= 11 is 2.89. The summed E-state index contributed by atoms with van der Waals surface area (Å²) in [4.78, 5) is 23.4. The van der Waals surface area contributed by atoms with Crippen molar-refractivity contribution in [3.8, 4) is 0 Å². The Morgan fingerprint density at radius 3 is 2.50 bits per heavy atom. The van der Waals surface area contributed by atoms with Crippen LogP contribution in [-0.4, -0.2) is 29.7 Å². The van der Waals surface area contributed by atoms with E-state index in [1.165, 1.54) is 24.1 Å². The third kappa shape index (κ3) is 6.84. The molecule has 26 heavy (non-hydrogen) atoms. The predicted molar refractivity (Wildman–Crippen MR) is 107 cm³/mol. The van der Waals surface area contributed by atoms with E-state index in [1.54, 1.807) is 23.9 Å². The number of benzene rings is 2. The maximum Gasteiger partial charge on any atom is 0.230 e. The largest absolute Gasteiger partial charge is 0.355 e. The van der Waals surface area contributed by atoms with Gasteiger partial charge in [-0.05, 0) is 31.5 Å². The van der Waals surface area contributed by atoms with E-state index in [0.717, 1.165) is 23.3 Å². The highest BCUT2D eigenvalue weighted by Crippen LogP contribution is 2.22. The number of ketones is 1. The molecular weight excluding hydrogens is 369 g/mol. The Bertz CT molecular complexity index is 763. The Balaban J connectivity index is 1.64. The number of carbonyl (C=O) groups excluding carboxylic acids is 2. The average molecular weight is 392 g/mol. The minimum atomic E-state index is -0.468. The second-order valence-electron chi connectivity index (χ2n) is 5.88. The standard InChI is InChI=1S/C20H22FNO2S2/c1-14-3-5-16(6-4-14)12-25-10-9-22-20(24)13-26-19-8-7-17(15(2)23)11-18(19)21/h3-8,11H,9-10,12-13H2,1-2H3,(H,22,24). The van der Waals surface area contributed by atoms with Gasteiger partial charge in [-0.15, -0.1) is 11.8 Å². The topological polar surface area (TPSA) is 46.2 Å². The minimum Gasteiger partial charge on any atom is -0.355 e. The molecule has 6 heteroatoms. The summed E-state index contributed by atoms with van der Waals surface area (Å²) in [5.74, 6) is 1.12. The van der Waals surface area contributed by atoms with Gasteiger partial charge in [0.1, 0.15) is 5.82 Å². The summed E-state index contributed by atoms with van der Waals surface area (Å²) in [5, 5.41) is 2.84. The van der Waals surface area contributed by atoms with E-state index < -0.39 is 5.82 Å². The van der Waals surface area contributed by atoms with Crippen LogP contribution >= 0.6 is 23.5 Å². The maximum absolute atomic E-state index is 13.9. The van der Waals surface area contributed by atoms with Crippen LogP contribution in [0.5, 0.6) is 0 Å². The van der Waals surface area contributed by atoms with Crippen LogP contribution in [0.15, 0.2) is 47.4 Å². The van der Waals surface area contributed by atoms with Crippen molar-refractivity contribution in [2.24, 2.45) is 0 Å². The van der Waals surface area contributed by atoms with Crippen LogP contribution in [0.3, 0.4) is 0 Å². The monoisotopic (exact) mass is 391 g/mol. The van der Waals surface area contributed by atoms with Gasteiger partial charge in [-0.25, -0.2) is 4.39 Å². The fourth-order valence-electron chi connectivity index (χ4n) is 2.17. The van der Waals surface area contributed by atoms with Crippen LogP contribution in [0.4, 0.5) is 4.39 Å². The fraction of sp³-hybridized carbons (Fsp3) is 0.300. The molecule has 0 saturated carbocycles. The van der Waals surface area contributed by atoms with Crippen LogP contribution in [0, 0.1) is 12.7 Å². The Morgan fingerprint density at radius 1 is 1.12 bits per heavy atom. The molecule has 0 fully saturated rings. The summed E-state index contributed by atoms with van der Waals surface area (Å²) in [7, 11) is 0. The van der Waals surface area contributed by atoms with Crippen molar-refractivity contribution in [3.05, 3.63) is 65.0 Å². The molecule has 2 rings (SSSR count). The van der Waals surface area contributed by atoms with Gasteiger partial charge in [0.15, 0.2) is 5.78 Å². The number of thioether (sulfide) groups is 2. The molecule has 0 bridgehead atoms. The number of nitrogens with one attached hydrogen (secondary N) is 1. The van der Waals surface area contributed by atoms with Crippen LogP contribution in [0.1, 0.15) is 28.4 Å². The van der Waals surface area contributed by atoms with Gasteiger partial charge in [-0.1, -0.05) is 35.9 Å². The summed E-state index contributed by atoms with van der Waals surface area (Å²) < 4.78 is 13.9. The summed E-state index contributed by atoms with van der Waals surface area (Å²) in [6, 6.07) is 12.7. The zero-order valence-electron chi connectivity index (χ0n) is 14.9. The molecule has 2 aromatic carbocycles. The highest BCUT2D eigenvalue weighted by atomic mass is 32.2. The van der Waals surface area contributed by atoms with Gasteiger partial charge in [0.2, 0.25) is 5.91 Å². The van der Waals surface area contributed by atoms with Crippen LogP contribution < -0.4 is 5.32 Å². The lowest BCUT2D eigenvalue weighted by Gasteiger charge is -2.07. The number of halogens is 1. The normalized spacial score (nSPS) is 10.6. The smallest absolute Gasteiger partial charge is 0.230 e. The molecule has 0 spiro atoms. The van der Waals surface area contributed by atoms with Crippen molar-refractivity contribution in [1.29, 1.82) is 0 Å². The van der Waals surface area contributed by atoms with Gasteiger partial charge in [-0.3, -0.25) is 9.59 Å². The van der Waals surface area contributed by atoms with Gasteiger partial charge in [0, 0.05) is 28.5 Å². The Morgan fingerprint density at radius 2 is 1.85 bits per heavy atom. The molecular formula is C20H22FNO2S2. The number of aryl methyl sites for hydroxylation is 1. The van der Waals surface area contributed by atoms with E-state index in [4.69, 9.17) is 0 Å². The molecule has 0 radical (unpaired) electrons. The number of hydrogen-bond donors (Lipinski definition) is 1. The molecule has 0 aliphatic rings. The van der Waals surface area contributed by atoms with Crippen molar-refractivity contribution < 1.29 is 14.0 Å². The third-order valence-corrected chi connectivity index (χ3v) is 5.73. The second-order valence-corrected chi connectivity index (χ2v) is 8.00. The van der Waals surface area contributed by atoms with E-state index in [9.17, 15) is 14.0 Å². The van der Waals surface area contributed by atoms with Gasteiger partial charge < -0.3 is 5.32 Å². The number of amides is 1. The lowest BCUT2D eigenvalue weighted by molar-refractivity contribution is -0.118. The fourth-order valence-corrected chi connectivity index (χ4v) is 3.74. The lowest BCUT2D eigenvalue weighted by Crippen LogP contribution is -2.27. The highest BCUT2D eigenvalue weighted by Gasteiger charge is 2.09. The molecule has 138 valence electrons. The van der Waals surface area contributed by atoms with Crippen molar-refractivity contribution in [2.45, 2.75) is 24.5 Å². The number of rotatable bonds is 9. The van der Waals surface area contributed by atoms with E-state index in [-0.39, 0.29) is 17.4 Å². The molecule has 0 aliphatic carbocycles. The molecule has 0 saturated heterocycles. The molecule has 0 atom stereocenters. The molecule has 2 aromatic rings. The first-order chi connectivity index (χ1) is 12.5. The summed E-state index contributed by atoms with van der Waals surface area (Å²) in [5.41, 5.74) is 2.85.